The summed E-state index contributed by atoms with van der Waals surface area (Å²) in [5, 5.41) is 33.1. The van der Waals surface area contributed by atoms with Crippen LogP contribution < -0.4 is 15.3 Å². The average Bonchev–Trinajstić information content (AvgIpc) is 2.84. The Labute approximate surface area is 317 Å². The fourth-order valence-electron chi connectivity index (χ4n) is 3.03. The van der Waals surface area contributed by atoms with Gasteiger partial charge in [0.25, 0.3) is 0 Å². The van der Waals surface area contributed by atoms with Gasteiger partial charge in [0.2, 0.25) is 0 Å². The van der Waals surface area contributed by atoms with Crippen molar-refractivity contribution < 1.29 is 163 Å². The molecule has 1 heterocycles. The number of hydrogen-bond acceptors (Lipinski definition) is 14. The minimum atomic E-state index is -1.32. The van der Waals surface area contributed by atoms with E-state index in [0.717, 1.165) is 0 Å². The van der Waals surface area contributed by atoms with Crippen LogP contribution in [0, 0.1) is 0 Å². The Hall–Kier alpha value is -2.67. The number of aromatic carboxylic acids is 3. The Morgan fingerprint density at radius 3 is 0.674 bits per heavy atom. The molecule has 3 aromatic carbocycles. The zero-order valence-electron chi connectivity index (χ0n) is 22.8. The SMILES string of the molecule is O.O.O.O=C([O-])c1ccc(-c2nc(-c3ccc(C(=O)[O-])cc3)nc(-c3ccc(C(=O)[O-])cc3)n2)cc1.[O-2].[O-2].[OH-].[OH-].[OH-].[OH-].[OH-].[Zr+4].[Zr+4].[Zr+4]. The summed E-state index contributed by atoms with van der Waals surface area (Å²) < 4.78 is 0. The minimum Gasteiger partial charge on any atom is -2.00 e. The van der Waals surface area contributed by atoms with Gasteiger partial charge in [0.15, 0.2) is 17.5 Å². The summed E-state index contributed by atoms with van der Waals surface area (Å²) in [6, 6.07) is 17.3. The summed E-state index contributed by atoms with van der Waals surface area (Å²) >= 11 is 0. The second-order valence-electron chi connectivity index (χ2n) is 6.90. The van der Waals surface area contributed by atoms with Crippen LogP contribution in [0.3, 0.4) is 0 Å². The summed E-state index contributed by atoms with van der Waals surface area (Å²) in [7, 11) is 0. The molecule has 0 spiro atoms. The second-order valence-corrected chi connectivity index (χ2v) is 6.90. The molecule has 0 bridgehead atoms. The predicted molar refractivity (Wildman–Crippen MR) is 131 cm³/mol. The van der Waals surface area contributed by atoms with Gasteiger partial charge in [0.05, 0.1) is 17.9 Å². The van der Waals surface area contributed by atoms with Crippen LogP contribution in [0.5, 0.6) is 0 Å². The third-order valence-electron chi connectivity index (χ3n) is 4.77. The zero-order valence-corrected chi connectivity index (χ0v) is 30.1. The predicted octanol–water partition coefficient (Wildman–Crippen LogP) is -3.64. The van der Waals surface area contributed by atoms with Gasteiger partial charge in [-0.15, -0.1) is 0 Å². The van der Waals surface area contributed by atoms with Crippen LogP contribution in [-0.2, 0) is 89.6 Å². The molecular formula is C24H23N3O16Zr3. The number of nitrogens with zero attached hydrogens (tertiary/aromatic N) is 3. The monoisotopic (exact) mass is 879 g/mol. The van der Waals surface area contributed by atoms with Crippen molar-refractivity contribution in [3.63, 3.8) is 0 Å². The topological polar surface area (TPSA) is 461 Å². The third-order valence-corrected chi connectivity index (χ3v) is 4.77. The molecule has 0 radical (unpaired) electrons. The largest absolute Gasteiger partial charge is 4.00 e. The van der Waals surface area contributed by atoms with E-state index >= 15 is 0 Å². The first-order valence-electron chi connectivity index (χ1n) is 9.53. The summed E-state index contributed by atoms with van der Waals surface area (Å²) in [5.74, 6) is -3.27. The minimum absolute atomic E-state index is 0. The molecule has 242 valence electrons. The summed E-state index contributed by atoms with van der Waals surface area (Å²) in [5.41, 5.74) is 1.48. The van der Waals surface area contributed by atoms with E-state index in [0.29, 0.717) is 16.7 Å². The normalized spacial score (nSPS) is 7.57. The van der Waals surface area contributed by atoms with Crippen molar-refractivity contribution in [1.82, 2.24) is 15.0 Å². The van der Waals surface area contributed by atoms with Gasteiger partial charge in [-0.25, -0.2) is 15.0 Å². The first-order chi connectivity index (χ1) is 15.8. The van der Waals surface area contributed by atoms with Crippen molar-refractivity contribution in [2.45, 2.75) is 0 Å². The maximum Gasteiger partial charge on any atom is 4.00 e. The van der Waals surface area contributed by atoms with Crippen LogP contribution >= 0.6 is 0 Å². The van der Waals surface area contributed by atoms with E-state index in [1.165, 1.54) is 72.8 Å². The molecule has 0 aliphatic heterocycles. The Kier molecular flexibility index (Phi) is 47.0. The molecule has 0 saturated heterocycles. The van der Waals surface area contributed by atoms with Gasteiger partial charge in [-0.3, -0.25) is 0 Å². The van der Waals surface area contributed by atoms with Gasteiger partial charge in [-0.1, -0.05) is 72.8 Å². The smallest absolute Gasteiger partial charge is 2.00 e. The van der Waals surface area contributed by atoms with Crippen molar-refractivity contribution in [1.29, 1.82) is 0 Å². The number of carbonyl (C=O) groups excluding carboxylic acids is 3. The molecule has 22 heteroatoms. The summed E-state index contributed by atoms with van der Waals surface area (Å²) in [6.07, 6.45) is 0. The quantitative estimate of drug-likeness (QED) is 0.180. The number of aromatic nitrogens is 3. The van der Waals surface area contributed by atoms with Crippen molar-refractivity contribution in [2.24, 2.45) is 0 Å². The summed E-state index contributed by atoms with van der Waals surface area (Å²) in [4.78, 5) is 46.4. The fourth-order valence-corrected chi connectivity index (χ4v) is 3.03. The molecule has 46 heavy (non-hydrogen) atoms. The Morgan fingerprint density at radius 1 is 0.391 bits per heavy atom. The number of benzene rings is 3. The van der Waals surface area contributed by atoms with Crippen molar-refractivity contribution in [3.05, 3.63) is 89.5 Å². The molecule has 0 aliphatic carbocycles. The molecule has 1 aromatic heterocycles. The average molecular weight is 883 g/mol. The number of rotatable bonds is 6. The molecular weight excluding hydrogens is 860 g/mol. The van der Waals surface area contributed by atoms with E-state index in [4.69, 9.17) is 0 Å². The van der Waals surface area contributed by atoms with Crippen molar-refractivity contribution in [2.75, 3.05) is 0 Å². The molecule has 0 saturated carbocycles. The van der Waals surface area contributed by atoms with Gasteiger partial charge >= 0.3 is 78.6 Å². The molecule has 11 N–H and O–H groups in total. The standard InChI is InChI=1S/C24H15N3O6.8H2O.2O.3Zr/c28-22(29)16-7-1-13(2-8-16)19-25-20(14-3-9-17(10-4-14)23(30)31)27-21(26-19)15-5-11-18(12-6-15)24(32)33;;;;;;;;;;;;;/h1-12H,(H,28,29)(H,30,31)(H,32,33);8*1H2;;;;;/q;;;;;;;;;2*-2;3*+4/p-8. The maximum atomic E-state index is 11.0. The Bertz CT molecular complexity index is 1220. The van der Waals surface area contributed by atoms with E-state index in [9.17, 15) is 29.7 Å². The molecule has 0 aliphatic rings. The third kappa shape index (κ3) is 16.8. The number of carbonyl (C=O) groups is 3. The second kappa shape index (κ2) is 31.0. The van der Waals surface area contributed by atoms with Crippen LogP contribution in [0.25, 0.3) is 34.2 Å². The molecule has 4 aromatic rings. The van der Waals surface area contributed by atoms with Crippen LogP contribution in [0.15, 0.2) is 72.8 Å². The molecule has 4 rings (SSSR count). The van der Waals surface area contributed by atoms with Crippen LogP contribution in [0.4, 0.5) is 0 Å². The van der Waals surface area contributed by atoms with Crippen LogP contribution in [-0.4, -0.2) is 76.7 Å². The van der Waals surface area contributed by atoms with Gasteiger partial charge in [-0.2, -0.15) is 0 Å². The maximum absolute atomic E-state index is 11.0. The Morgan fingerprint density at radius 2 is 0.543 bits per heavy atom. The van der Waals surface area contributed by atoms with E-state index < -0.39 is 17.9 Å². The van der Waals surface area contributed by atoms with Gasteiger partial charge in [0.1, 0.15) is 0 Å². The molecule has 0 fully saturated rings. The number of hydrogen-bond donors (Lipinski definition) is 0. The van der Waals surface area contributed by atoms with Crippen LogP contribution in [0.1, 0.15) is 31.1 Å². The van der Waals surface area contributed by atoms with E-state index in [1.54, 1.807) is 0 Å². The van der Waals surface area contributed by atoms with E-state index in [-0.39, 0.29) is 168 Å². The summed E-state index contributed by atoms with van der Waals surface area (Å²) in [6.45, 7) is 0. The fraction of sp³-hybridized carbons (Fsp3) is 0. The zero-order chi connectivity index (χ0) is 23.5. The molecule has 0 amide bonds. The van der Waals surface area contributed by atoms with Crippen molar-refractivity contribution in [3.8, 4) is 34.2 Å². The number of carboxylic acid groups (broad SMARTS) is 3. The van der Waals surface area contributed by atoms with Gasteiger partial charge in [-0.05, 0) is 16.7 Å². The first kappa shape index (κ1) is 69.9. The van der Waals surface area contributed by atoms with Gasteiger partial charge < -0.3 is 84.5 Å². The number of carboxylic acids is 3. The van der Waals surface area contributed by atoms with Gasteiger partial charge in [0, 0.05) is 16.7 Å². The molecule has 19 nitrogen and oxygen atoms in total. The molecule has 0 unspecified atom stereocenters. The van der Waals surface area contributed by atoms with E-state index in [1.807, 2.05) is 0 Å². The van der Waals surface area contributed by atoms with Crippen molar-refractivity contribution >= 4 is 17.9 Å². The first-order valence-corrected chi connectivity index (χ1v) is 9.53. The van der Waals surface area contributed by atoms with E-state index in [2.05, 4.69) is 15.0 Å². The Balaban J connectivity index is -0.000000125. The van der Waals surface area contributed by atoms with Crippen LogP contribution in [0.2, 0.25) is 0 Å². The molecule has 0 atom stereocenters.